The molecule has 2 heteroatoms. The number of carbonyl (C=O) groups is 1. The van der Waals surface area contributed by atoms with Crippen LogP contribution in [0.25, 0.3) is 0 Å². The molecule has 0 fully saturated rings. The van der Waals surface area contributed by atoms with E-state index in [-0.39, 0.29) is 11.0 Å². The van der Waals surface area contributed by atoms with Gasteiger partial charge in [0.2, 0.25) is 0 Å². The second-order valence-electron chi connectivity index (χ2n) is 3.33. The third kappa shape index (κ3) is 6.71. The van der Waals surface area contributed by atoms with Crippen LogP contribution in [-0.2, 0) is 4.79 Å². The highest BCUT2D eigenvalue weighted by molar-refractivity contribution is 7.81. The molecule has 0 rings (SSSR count). The van der Waals surface area contributed by atoms with Crippen molar-refractivity contribution in [3.8, 4) is 0 Å². The van der Waals surface area contributed by atoms with Gasteiger partial charge in [0.25, 0.3) is 0 Å². The maximum Gasteiger partial charge on any atom is 0.142 e. The number of carbonyl (C=O) groups excluding carboxylic acids is 1. The molecule has 0 aromatic rings. The summed E-state index contributed by atoms with van der Waals surface area (Å²) in [4.78, 5) is 10.8. The Morgan fingerprint density at radius 1 is 1.25 bits per heavy atom. The Labute approximate surface area is 81.3 Å². The Morgan fingerprint density at radius 2 is 1.83 bits per heavy atom. The largest absolute Gasteiger partial charge is 0.299 e. The molecule has 0 aliphatic carbocycles. The molecule has 0 aromatic heterocycles. The van der Waals surface area contributed by atoms with Crippen LogP contribution in [0.15, 0.2) is 0 Å². The van der Waals surface area contributed by atoms with E-state index < -0.39 is 0 Å². The van der Waals surface area contributed by atoms with E-state index in [0.717, 1.165) is 12.8 Å². The average molecular weight is 188 g/mol. The van der Waals surface area contributed by atoms with Crippen LogP contribution in [0.2, 0.25) is 0 Å². The minimum atomic E-state index is -0.0216. The summed E-state index contributed by atoms with van der Waals surface area (Å²) in [6.45, 7) is 3.82. The standard InChI is InChI=1S/C10H20OS/c1-3-4-5-6-7-8-10(12)9(2)11/h10,12H,3-8H2,1-2H3. The number of unbranched alkanes of at least 4 members (excludes halogenated alkanes) is 4. The Morgan fingerprint density at radius 3 is 2.33 bits per heavy atom. The maximum atomic E-state index is 10.8. The van der Waals surface area contributed by atoms with Crippen molar-refractivity contribution < 1.29 is 4.79 Å². The van der Waals surface area contributed by atoms with E-state index in [0.29, 0.717) is 0 Å². The summed E-state index contributed by atoms with van der Waals surface area (Å²) in [5, 5.41) is -0.0216. The lowest BCUT2D eigenvalue weighted by Gasteiger charge is -2.05. The van der Waals surface area contributed by atoms with Gasteiger partial charge in [0.05, 0.1) is 5.25 Å². The molecule has 0 saturated carbocycles. The average Bonchev–Trinajstić information content (AvgIpc) is 2.03. The van der Waals surface area contributed by atoms with E-state index in [4.69, 9.17) is 0 Å². The summed E-state index contributed by atoms with van der Waals surface area (Å²) in [7, 11) is 0. The van der Waals surface area contributed by atoms with Crippen LogP contribution in [0.4, 0.5) is 0 Å². The van der Waals surface area contributed by atoms with Gasteiger partial charge in [0, 0.05) is 0 Å². The summed E-state index contributed by atoms with van der Waals surface area (Å²) in [5.74, 6) is 0.203. The van der Waals surface area contributed by atoms with Crippen molar-refractivity contribution in [1.82, 2.24) is 0 Å². The fraction of sp³-hybridized carbons (Fsp3) is 0.900. The highest BCUT2D eigenvalue weighted by Crippen LogP contribution is 2.11. The minimum absolute atomic E-state index is 0.0216. The van der Waals surface area contributed by atoms with E-state index in [2.05, 4.69) is 19.6 Å². The van der Waals surface area contributed by atoms with Gasteiger partial charge in [0.15, 0.2) is 0 Å². The van der Waals surface area contributed by atoms with Crippen molar-refractivity contribution >= 4 is 18.4 Å². The fourth-order valence-corrected chi connectivity index (χ4v) is 1.33. The summed E-state index contributed by atoms with van der Waals surface area (Å²) < 4.78 is 0. The SMILES string of the molecule is CCCCCCCC(S)C(C)=O. The van der Waals surface area contributed by atoms with Crippen molar-refractivity contribution in [3.05, 3.63) is 0 Å². The second-order valence-corrected chi connectivity index (χ2v) is 3.95. The molecule has 0 aromatic carbocycles. The Kier molecular flexibility index (Phi) is 7.67. The topological polar surface area (TPSA) is 17.1 Å². The number of rotatable bonds is 7. The lowest BCUT2D eigenvalue weighted by Crippen LogP contribution is -2.09. The molecule has 1 atom stereocenters. The predicted octanol–water partition coefficient (Wildman–Crippen LogP) is 3.23. The monoisotopic (exact) mass is 188 g/mol. The molecule has 72 valence electrons. The lowest BCUT2D eigenvalue weighted by molar-refractivity contribution is -0.116. The minimum Gasteiger partial charge on any atom is -0.299 e. The molecule has 0 aliphatic rings. The van der Waals surface area contributed by atoms with Gasteiger partial charge in [0.1, 0.15) is 5.78 Å². The molecule has 12 heavy (non-hydrogen) atoms. The van der Waals surface area contributed by atoms with Crippen LogP contribution in [0.3, 0.4) is 0 Å². The Hall–Kier alpha value is 0.0200. The zero-order chi connectivity index (χ0) is 9.40. The van der Waals surface area contributed by atoms with E-state index in [1.54, 1.807) is 6.92 Å². The number of hydrogen-bond acceptors (Lipinski definition) is 2. The Bertz CT molecular complexity index is 123. The zero-order valence-electron chi connectivity index (χ0n) is 8.18. The van der Waals surface area contributed by atoms with Gasteiger partial charge >= 0.3 is 0 Å². The number of Topliss-reactive ketones (excluding diaryl/α,β-unsaturated/α-hetero) is 1. The van der Waals surface area contributed by atoms with Crippen molar-refractivity contribution in [1.29, 1.82) is 0 Å². The van der Waals surface area contributed by atoms with Gasteiger partial charge in [-0.25, -0.2) is 0 Å². The van der Waals surface area contributed by atoms with Crippen molar-refractivity contribution in [3.63, 3.8) is 0 Å². The van der Waals surface area contributed by atoms with Gasteiger partial charge in [-0.3, -0.25) is 4.79 Å². The van der Waals surface area contributed by atoms with E-state index >= 15 is 0 Å². The van der Waals surface area contributed by atoms with Gasteiger partial charge in [-0.1, -0.05) is 39.0 Å². The highest BCUT2D eigenvalue weighted by Gasteiger charge is 2.06. The van der Waals surface area contributed by atoms with E-state index in [1.807, 2.05) is 0 Å². The van der Waals surface area contributed by atoms with Gasteiger partial charge < -0.3 is 0 Å². The molecule has 0 radical (unpaired) electrons. The first-order valence-corrected chi connectivity index (χ1v) is 5.38. The van der Waals surface area contributed by atoms with E-state index in [1.165, 1.54) is 25.7 Å². The molecule has 0 spiro atoms. The summed E-state index contributed by atoms with van der Waals surface area (Å²) >= 11 is 4.20. The normalized spacial score (nSPS) is 12.9. The zero-order valence-corrected chi connectivity index (χ0v) is 9.07. The van der Waals surface area contributed by atoms with Crippen molar-refractivity contribution in [2.45, 2.75) is 57.6 Å². The van der Waals surface area contributed by atoms with Crippen molar-refractivity contribution in [2.75, 3.05) is 0 Å². The molecule has 1 unspecified atom stereocenters. The third-order valence-corrected chi connectivity index (χ3v) is 2.67. The van der Waals surface area contributed by atoms with Gasteiger partial charge in [-0.05, 0) is 13.3 Å². The first-order valence-electron chi connectivity index (χ1n) is 4.87. The number of hydrogen-bond donors (Lipinski definition) is 1. The molecule has 1 nitrogen and oxygen atoms in total. The third-order valence-electron chi connectivity index (χ3n) is 2.05. The van der Waals surface area contributed by atoms with Crippen LogP contribution in [-0.4, -0.2) is 11.0 Å². The first kappa shape index (κ1) is 12.0. The number of ketones is 1. The van der Waals surface area contributed by atoms with Crippen LogP contribution in [0, 0.1) is 0 Å². The molecular weight excluding hydrogens is 168 g/mol. The van der Waals surface area contributed by atoms with Crippen LogP contribution in [0.1, 0.15) is 52.4 Å². The van der Waals surface area contributed by atoms with Gasteiger partial charge in [-0.15, -0.1) is 0 Å². The molecule has 0 aliphatic heterocycles. The molecule has 0 amide bonds. The van der Waals surface area contributed by atoms with Gasteiger partial charge in [-0.2, -0.15) is 12.6 Å². The van der Waals surface area contributed by atoms with Crippen LogP contribution >= 0.6 is 12.6 Å². The van der Waals surface area contributed by atoms with Crippen LogP contribution < -0.4 is 0 Å². The molecule has 0 saturated heterocycles. The fourth-order valence-electron chi connectivity index (χ4n) is 1.14. The summed E-state index contributed by atoms with van der Waals surface area (Å²) in [6.07, 6.45) is 7.23. The molecule has 0 bridgehead atoms. The summed E-state index contributed by atoms with van der Waals surface area (Å²) in [5.41, 5.74) is 0. The van der Waals surface area contributed by atoms with E-state index in [9.17, 15) is 4.79 Å². The highest BCUT2D eigenvalue weighted by atomic mass is 32.1. The molecule has 0 heterocycles. The second kappa shape index (κ2) is 7.66. The molecule has 0 N–H and O–H groups in total. The smallest absolute Gasteiger partial charge is 0.142 e. The van der Waals surface area contributed by atoms with Crippen LogP contribution in [0.5, 0.6) is 0 Å². The lowest BCUT2D eigenvalue weighted by atomic mass is 10.1. The van der Waals surface area contributed by atoms with Crippen molar-refractivity contribution in [2.24, 2.45) is 0 Å². The summed E-state index contributed by atoms with van der Waals surface area (Å²) in [6, 6.07) is 0. The number of thiol groups is 1. The predicted molar refractivity (Wildman–Crippen MR) is 56.8 cm³/mol. The maximum absolute atomic E-state index is 10.8. The molecular formula is C10H20OS. The first-order chi connectivity index (χ1) is 5.68. The quantitative estimate of drug-likeness (QED) is 0.479. The Balaban J connectivity index is 3.14.